The van der Waals surface area contributed by atoms with Crippen LogP contribution in [0.25, 0.3) is 0 Å². The van der Waals surface area contributed by atoms with Crippen LogP contribution in [0.5, 0.6) is 5.75 Å². The molecule has 1 aromatic rings. The summed E-state index contributed by atoms with van der Waals surface area (Å²) in [7, 11) is 0. The number of rotatable bonds is 2. The summed E-state index contributed by atoms with van der Waals surface area (Å²) in [6.45, 7) is 1.96. The molecule has 0 aliphatic carbocycles. The van der Waals surface area contributed by atoms with E-state index in [9.17, 15) is 9.59 Å². The minimum absolute atomic E-state index is 0.240. The smallest absolute Gasteiger partial charge is 0.338 e. The van der Waals surface area contributed by atoms with Crippen LogP contribution < -0.4 is 5.43 Å². The Bertz CT molecular complexity index is 398. The molecular weight excluding hydrogens is 184 g/mol. The molecule has 1 aromatic carbocycles. The van der Waals surface area contributed by atoms with Crippen molar-refractivity contribution in [2.24, 2.45) is 0 Å². The first kappa shape index (κ1) is 10.2. The van der Waals surface area contributed by atoms with Gasteiger partial charge in [-0.15, -0.1) is 0 Å². The number of esters is 1. The van der Waals surface area contributed by atoms with E-state index in [4.69, 9.17) is 9.84 Å². The van der Waals surface area contributed by atoms with Crippen LogP contribution in [0.2, 0.25) is 0 Å². The van der Waals surface area contributed by atoms with E-state index in [1.165, 1.54) is 18.2 Å². The van der Waals surface area contributed by atoms with Crippen LogP contribution in [0, 0.1) is 0 Å². The van der Waals surface area contributed by atoms with Gasteiger partial charge in [-0.2, -0.15) is 0 Å². The van der Waals surface area contributed by atoms with E-state index in [1.54, 1.807) is 6.92 Å². The van der Waals surface area contributed by atoms with Crippen molar-refractivity contribution >= 4 is 5.97 Å². The molecule has 0 bridgehead atoms. The van der Waals surface area contributed by atoms with E-state index in [2.05, 4.69) is 0 Å². The summed E-state index contributed by atoms with van der Waals surface area (Å²) in [5.41, 5.74) is -0.287. The third-order valence-electron chi connectivity index (χ3n) is 1.60. The monoisotopic (exact) mass is 194 g/mol. The first-order chi connectivity index (χ1) is 6.65. The lowest BCUT2D eigenvalue weighted by atomic mass is 10.3. The number of carbonyl (C=O) groups is 1. The summed E-state index contributed by atoms with van der Waals surface area (Å²) in [4.78, 5) is 22.1. The zero-order valence-corrected chi connectivity index (χ0v) is 7.69. The quantitative estimate of drug-likeness (QED) is 0.711. The highest BCUT2D eigenvalue weighted by Gasteiger charge is 2.04. The molecule has 4 heteroatoms. The van der Waals surface area contributed by atoms with Crippen molar-refractivity contribution in [1.82, 2.24) is 0 Å². The molecular formula is C10H10O4. The summed E-state index contributed by atoms with van der Waals surface area (Å²) < 4.78 is 4.73. The molecule has 0 aliphatic heterocycles. The summed E-state index contributed by atoms with van der Waals surface area (Å²) >= 11 is 0. The van der Waals surface area contributed by atoms with Crippen LogP contribution in [0.4, 0.5) is 0 Å². The molecule has 0 atom stereocenters. The lowest BCUT2D eigenvalue weighted by molar-refractivity contribution is 0.0526. The van der Waals surface area contributed by atoms with Gasteiger partial charge in [-0.05, 0) is 31.2 Å². The van der Waals surface area contributed by atoms with Crippen molar-refractivity contribution in [2.75, 3.05) is 6.61 Å². The van der Waals surface area contributed by atoms with E-state index in [1.807, 2.05) is 0 Å². The maximum Gasteiger partial charge on any atom is 0.338 e. The van der Waals surface area contributed by atoms with Crippen LogP contribution in [0.1, 0.15) is 17.3 Å². The van der Waals surface area contributed by atoms with Crippen molar-refractivity contribution in [2.45, 2.75) is 6.92 Å². The Morgan fingerprint density at radius 3 is 2.64 bits per heavy atom. The van der Waals surface area contributed by atoms with Crippen LogP contribution >= 0.6 is 0 Å². The Hall–Kier alpha value is -1.84. The lowest BCUT2D eigenvalue weighted by Gasteiger charge is -1.97. The van der Waals surface area contributed by atoms with Gasteiger partial charge in [0.2, 0.25) is 5.43 Å². The summed E-state index contributed by atoms with van der Waals surface area (Å²) in [5, 5.41) is 9.05. The zero-order valence-electron chi connectivity index (χ0n) is 7.69. The fourth-order valence-corrected chi connectivity index (χ4v) is 0.908. The molecule has 0 heterocycles. The minimum atomic E-state index is -0.527. The van der Waals surface area contributed by atoms with E-state index >= 15 is 0 Å². The third-order valence-corrected chi connectivity index (χ3v) is 1.60. The normalized spacial score (nSPS) is 9.50. The second kappa shape index (κ2) is 4.41. The molecule has 0 unspecified atom stereocenters. The largest absolute Gasteiger partial charge is 0.504 e. The van der Waals surface area contributed by atoms with E-state index < -0.39 is 11.4 Å². The second-order valence-corrected chi connectivity index (χ2v) is 2.59. The van der Waals surface area contributed by atoms with Gasteiger partial charge in [-0.3, -0.25) is 4.79 Å². The number of ether oxygens (including phenoxy) is 1. The van der Waals surface area contributed by atoms with E-state index in [-0.39, 0.29) is 17.9 Å². The molecule has 0 radical (unpaired) electrons. The molecule has 0 aromatic heterocycles. The van der Waals surface area contributed by atoms with Crippen molar-refractivity contribution in [3.8, 4) is 5.75 Å². The molecule has 14 heavy (non-hydrogen) atoms. The molecule has 0 saturated carbocycles. The van der Waals surface area contributed by atoms with Crippen LogP contribution in [0.3, 0.4) is 0 Å². The van der Waals surface area contributed by atoms with Gasteiger partial charge in [0, 0.05) is 0 Å². The number of carbonyl (C=O) groups excluding carboxylic acids is 1. The predicted molar refractivity (Wildman–Crippen MR) is 50.3 cm³/mol. The van der Waals surface area contributed by atoms with Gasteiger partial charge < -0.3 is 9.84 Å². The predicted octanol–water partition coefficient (Wildman–Crippen LogP) is 0.929. The summed E-state index contributed by atoms with van der Waals surface area (Å²) in [6, 6.07) is 4.96. The summed E-state index contributed by atoms with van der Waals surface area (Å²) in [5.74, 6) is -0.900. The van der Waals surface area contributed by atoms with Gasteiger partial charge in [0.15, 0.2) is 5.75 Å². The average Bonchev–Trinajstić information content (AvgIpc) is 2.31. The van der Waals surface area contributed by atoms with Gasteiger partial charge in [0.25, 0.3) is 0 Å². The highest BCUT2D eigenvalue weighted by Crippen LogP contribution is 2.03. The van der Waals surface area contributed by atoms with Crippen LogP contribution in [-0.2, 0) is 4.74 Å². The SMILES string of the molecule is CCOC(=O)c1ccc(O)c(=O)cc1. The fourth-order valence-electron chi connectivity index (χ4n) is 0.908. The molecule has 0 amide bonds. The molecule has 0 aliphatic rings. The Morgan fingerprint density at radius 2 is 2.00 bits per heavy atom. The van der Waals surface area contributed by atoms with Gasteiger partial charge in [-0.25, -0.2) is 4.79 Å². The first-order valence-corrected chi connectivity index (χ1v) is 4.15. The fraction of sp³-hybridized carbons (Fsp3) is 0.200. The van der Waals surface area contributed by atoms with Crippen molar-refractivity contribution in [3.63, 3.8) is 0 Å². The van der Waals surface area contributed by atoms with Crippen molar-refractivity contribution in [3.05, 3.63) is 40.1 Å². The molecule has 4 nitrogen and oxygen atoms in total. The highest BCUT2D eigenvalue weighted by molar-refractivity contribution is 5.89. The Kier molecular flexibility index (Phi) is 3.23. The number of aromatic hydroxyl groups is 1. The lowest BCUT2D eigenvalue weighted by Crippen LogP contribution is -2.03. The second-order valence-electron chi connectivity index (χ2n) is 2.59. The van der Waals surface area contributed by atoms with Gasteiger partial charge in [-0.1, -0.05) is 0 Å². The van der Waals surface area contributed by atoms with Gasteiger partial charge >= 0.3 is 5.97 Å². The Labute approximate surface area is 80.8 Å². The third kappa shape index (κ3) is 2.32. The number of hydrogen-bond acceptors (Lipinski definition) is 4. The average molecular weight is 194 g/mol. The molecule has 1 N–H and O–H groups in total. The van der Waals surface area contributed by atoms with Crippen LogP contribution in [0.15, 0.2) is 29.1 Å². The highest BCUT2D eigenvalue weighted by atomic mass is 16.5. The van der Waals surface area contributed by atoms with Gasteiger partial charge in [0.05, 0.1) is 12.2 Å². The van der Waals surface area contributed by atoms with Crippen molar-refractivity contribution in [1.29, 1.82) is 0 Å². The maximum absolute atomic E-state index is 11.2. The van der Waals surface area contributed by atoms with E-state index in [0.717, 1.165) is 6.07 Å². The molecule has 74 valence electrons. The zero-order chi connectivity index (χ0) is 10.6. The molecule has 0 spiro atoms. The van der Waals surface area contributed by atoms with Crippen molar-refractivity contribution < 1.29 is 14.6 Å². The molecule has 1 rings (SSSR count). The minimum Gasteiger partial charge on any atom is -0.504 e. The number of hydrogen-bond donors (Lipinski definition) is 1. The Morgan fingerprint density at radius 1 is 1.36 bits per heavy atom. The Balaban J connectivity index is 3.08. The van der Waals surface area contributed by atoms with E-state index in [0.29, 0.717) is 0 Å². The standard InChI is InChI=1S/C10H10O4/c1-2-14-10(13)7-3-5-8(11)9(12)6-4-7/h3-6H,2H2,1H3,(H,11,12). The van der Waals surface area contributed by atoms with Crippen LogP contribution in [-0.4, -0.2) is 17.7 Å². The summed E-state index contributed by atoms with van der Waals surface area (Å²) in [6.07, 6.45) is 0. The van der Waals surface area contributed by atoms with Gasteiger partial charge in [0.1, 0.15) is 0 Å². The molecule has 0 saturated heterocycles. The molecule has 0 fully saturated rings. The topological polar surface area (TPSA) is 63.6 Å². The maximum atomic E-state index is 11.2. The first-order valence-electron chi connectivity index (χ1n) is 4.15.